The van der Waals surface area contributed by atoms with E-state index >= 15 is 0 Å². The van der Waals surface area contributed by atoms with Gasteiger partial charge >= 0.3 is 0 Å². The molecule has 0 spiro atoms. The number of benzene rings is 2. The summed E-state index contributed by atoms with van der Waals surface area (Å²) in [6.45, 7) is 0.0648. The summed E-state index contributed by atoms with van der Waals surface area (Å²) in [6.07, 6.45) is -7.01. The minimum Gasteiger partial charge on any atom is -0.492 e. The third-order valence-corrected chi connectivity index (χ3v) is 6.33. The van der Waals surface area contributed by atoms with Crippen LogP contribution in [0.4, 0.5) is 0 Å². The maximum atomic E-state index is 10.2. The van der Waals surface area contributed by atoms with E-state index < -0.39 is 37.3 Å². The van der Waals surface area contributed by atoms with E-state index in [4.69, 9.17) is 28.4 Å². The molecule has 7 atom stereocenters. The highest BCUT2D eigenvalue weighted by Gasteiger charge is 2.45. The first-order chi connectivity index (χ1) is 15.5. The van der Waals surface area contributed by atoms with Crippen LogP contribution >= 0.6 is 0 Å². The molecule has 0 radical (unpaired) electrons. The molecule has 0 bridgehead atoms. The molecule has 4 aliphatic rings. The summed E-state index contributed by atoms with van der Waals surface area (Å²) in [6, 6.07) is 8.94. The standard InChI is InChI=1S/C22H22O10/c23-6-17-18(24)19(25)20(26)22(32-17)30-9-1-2-10-13(3-9)27-7-12-11-4-15-16(29-8-28-15)5-14(11)31-21(10)12/h1-5,12,17-26H,6-8H2/t12-,17-,18-,19-,20-,21-,22-/m1/s1. The van der Waals surface area contributed by atoms with Gasteiger partial charge in [-0.3, -0.25) is 0 Å². The van der Waals surface area contributed by atoms with Gasteiger partial charge < -0.3 is 48.8 Å². The van der Waals surface area contributed by atoms with E-state index in [1.807, 2.05) is 18.2 Å². The molecule has 2 aromatic carbocycles. The topological polar surface area (TPSA) is 136 Å². The fraction of sp³-hybridized carbons (Fsp3) is 0.455. The lowest BCUT2D eigenvalue weighted by Crippen LogP contribution is -2.60. The monoisotopic (exact) mass is 446 g/mol. The van der Waals surface area contributed by atoms with Crippen molar-refractivity contribution in [1.82, 2.24) is 0 Å². The predicted molar refractivity (Wildman–Crippen MR) is 105 cm³/mol. The molecule has 0 saturated carbocycles. The van der Waals surface area contributed by atoms with Crippen LogP contribution < -0.4 is 23.7 Å². The first-order valence-corrected chi connectivity index (χ1v) is 10.4. The predicted octanol–water partition coefficient (Wildman–Crippen LogP) is 0.204. The van der Waals surface area contributed by atoms with Gasteiger partial charge in [0.25, 0.3) is 0 Å². The van der Waals surface area contributed by atoms with Crippen molar-refractivity contribution in [3.8, 4) is 28.7 Å². The Morgan fingerprint density at radius 2 is 1.66 bits per heavy atom. The first-order valence-electron chi connectivity index (χ1n) is 10.4. The van der Waals surface area contributed by atoms with Gasteiger partial charge in [-0.1, -0.05) is 0 Å². The number of hydrogen-bond acceptors (Lipinski definition) is 10. The van der Waals surface area contributed by atoms with E-state index in [-0.39, 0.29) is 18.8 Å². The summed E-state index contributed by atoms with van der Waals surface area (Å²) in [7, 11) is 0. The highest BCUT2D eigenvalue weighted by atomic mass is 16.7. The van der Waals surface area contributed by atoms with Crippen molar-refractivity contribution in [2.45, 2.75) is 42.7 Å². The molecule has 4 N–H and O–H groups in total. The Morgan fingerprint density at radius 1 is 0.844 bits per heavy atom. The zero-order chi connectivity index (χ0) is 22.0. The molecule has 0 aliphatic carbocycles. The smallest absolute Gasteiger partial charge is 0.231 e. The van der Waals surface area contributed by atoms with Gasteiger partial charge in [-0.15, -0.1) is 0 Å². The van der Waals surface area contributed by atoms with E-state index in [9.17, 15) is 20.4 Å². The third-order valence-electron chi connectivity index (χ3n) is 6.33. The Kier molecular flexibility index (Phi) is 4.60. The largest absolute Gasteiger partial charge is 0.492 e. The van der Waals surface area contributed by atoms with Gasteiger partial charge in [-0.2, -0.15) is 0 Å². The minimum atomic E-state index is -1.51. The summed E-state index contributed by atoms with van der Waals surface area (Å²) in [5.74, 6) is 3.00. The number of rotatable bonds is 3. The van der Waals surface area contributed by atoms with Crippen LogP contribution in [0.25, 0.3) is 0 Å². The van der Waals surface area contributed by atoms with Crippen LogP contribution in [0.15, 0.2) is 30.3 Å². The first kappa shape index (κ1) is 19.9. The molecule has 6 rings (SSSR count). The zero-order valence-corrected chi connectivity index (χ0v) is 16.8. The summed E-state index contributed by atoms with van der Waals surface area (Å²) in [5, 5.41) is 39.4. The molecule has 10 nitrogen and oxygen atoms in total. The van der Waals surface area contributed by atoms with Gasteiger partial charge in [-0.05, 0) is 18.2 Å². The van der Waals surface area contributed by atoms with Crippen LogP contribution in [0, 0.1) is 0 Å². The number of hydrogen-bond donors (Lipinski definition) is 4. The van der Waals surface area contributed by atoms with Crippen LogP contribution in [-0.2, 0) is 4.74 Å². The average Bonchev–Trinajstić information content (AvgIpc) is 3.41. The van der Waals surface area contributed by atoms with Gasteiger partial charge in [0.05, 0.1) is 19.1 Å². The Hall–Kier alpha value is -2.76. The molecular formula is C22H22O10. The second kappa shape index (κ2) is 7.39. The summed E-state index contributed by atoms with van der Waals surface area (Å²) < 4.78 is 34.2. The van der Waals surface area contributed by atoms with Crippen LogP contribution in [-0.4, -0.2) is 71.1 Å². The minimum absolute atomic E-state index is 0.00390. The molecule has 0 unspecified atom stereocenters. The molecule has 1 saturated heterocycles. The molecule has 10 heteroatoms. The summed E-state index contributed by atoms with van der Waals surface area (Å²) in [4.78, 5) is 0. The second-order valence-corrected chi connectivity index (χ2v) is 8.21. The normalized spacial score (nSPS) is 34.1. The van der Waals surface area contributed by atoms with Crippen LogP contribution in [0.3, 0.4) is 0 Å². The molecule has 4 heterocycles. The SMILES string of the molecule is OC[C@H]1O[C@@H](Oc2ccc3c(c2)OC[C@@H]2c4cc5c(cc4O[C@H]32)OCO5)[C@H](O)[C@H](O)[C@@H]1O. The fourth-order valence-corrected chi connectivity index (χ4v) is 4.60. The summed E-state index contributed by atoms with van der Waals surface area (Å²) >= 11 is 0. The third kappa shape index (κ3) is 2.99. The van der Waals surface area contributed by atoms with Gasteiger partial charge in [0, 0.05) is 23.3 Å². The lowest BCUT2D eigenvalue weighted by Gasteiger charge is -2.39. The van der Waals surface area contributed by atoms with Gasteiger partial charge in [0.1, 0.15) is 47.8 Å². The van der Waals surface area contributed by atoms with Crippen molar-refractivity contribution in [3.05, 3.63) is 41.5 Å². The van der Waals surface area contributed by atoms with E-state index in [1.165, 1.54) is 0 Å². The van der Waals surface area contributed by atoms with E-state index in [1.54, 1.807) is 12.1 Å². The average molecular weight is 446 g/mol. The maximum Gasteiger partial charge on any atom is 0.231 e. The zero-order valence-electron chi connectivity index (χ0n) is 16.8. The number of ether oxygens (including phenoxy) is 6. The van der Waals surface area contributed by atoms with Crippen molar-refractivity contribution < 1.29 is 48.8 Å². The van der Waals surface area contributed by atoms with E-state index in [0.717, 1.165) is 16.9 Å². The number of aliphatic hydroxyl groups is 4. The molecule has 2 aromatic rings. The van der Waals surface area contributed by atoms with Crippen molar-refractivity contribution in [2.24, 2.45) is 0 Å². The Morgan fingerprint density at radius 3 is 2.47 bits per heavy atom. The molecule has 170 valence electrons. The lowest BCUT2D eigenvalue weighted by molar-refractivity contribution is -0.277. The van der Waals surface area contributed by atoms with E-state index in [0.29, 0.717) is 29.6 Å². The molecule has 32 heavy (non-hydrogen) atoms. The van der Waals surface area contributed by atoms with Crippen molar-refractivity contribution in [2.75, 3.05) is 20.0 Å². The Balaban J connectivity index is 1.23. The van der Waals surface area contributed by atoms with E-state index in [2.05, 4.69) is 0 Å². The quantitative estimate of drug-likeness (QED) is 0.518. The van der Waals surface area contributed by atoms with Gasteiger partial charge in [0.15, 0.2) is 11.5 Å². The molecule has 1 fully saturated rings. The molecular weight excluding hydrogens is 424 g/mol. The second-order valence-electron chi connectivity index (χ2n) is 8.21. The number of fused-ring (bicyclic) bond motifs is 6. The molecule has 4 aliphatic heterocycles. The maximum absolute atomic E-state index is 10.2. The fourth-order valence-electron chi connectivity index (χ4n) is 4.60. The molecule has 0 amide bonds. The highest BCUT2D eigenvalue weighted by molar-refractivity contribution is 5.57. The Bertz CT molecular complexity index is 1040. The van der Waals surface area contributed by atoms with Crippen molar-refractivity contribution >= 4 is 0 Å². The summed E-state index contributed by atoms with van der Waals surface area (Å²) in [5.41, 5.74) is 1.85. The Labute approximate surface area is 182 Å². The molecule has 0 aromatic heterocycles. The van der Waals surface area contributed by atoms with Crippen LogP contribution in [0.1, 0.15) is 23.1 Å². The van der Waals surface area contributed by atoms with Gasteiger partial charge in [0.2, 0.25) is 13.1 Å². The van der Waals surface area contributed by atoms with Crippen LogP contribution in [0.5, 0.6) is 28.7 Å². The van der Waals surface area contributed by atoms with Crippen molar-refractivity contribution in [3.63, 3.8) is 0 Å². The van der Waals surface area contributed by atoms with Crippen LogP contribution in [0.2, 0.25) is 0 Å². The highest BCUT2D eigenvalue weighted by Crippen LogP contribution is 2.54. The van der Waals surface area contributed by atoms with Crippen molar-refractivity contribution in [1.29, 1.82) is 0 Å². The lowest BCUT2D eigenvalue weighted by atomic mass is 9.89. The van der Waals surface area contributed by atoms with Gasteiger partial charge in [-0.25, -0.2) is 0 Å². The number of aliphatic hydroxyl groups excluding tert-OH is 4.